The monoisotopic (exact) mass is 509 g/mol. The van der Waals surface area contributed by atoms with Gasteiger partial charge in [-0.05, 0) is 74.4 Å². The Morgan fingerprint density at radius 3 is 2.34 bits per heavy atom. The molecule has 0 aliphatic heterocycles. The van der Waals surface area contributed by atoms with E-state index in [4.69, 9.17) is 0 Å². The summed E-state index contributed by atoms with van der Waals surface area (Å²) in [4.78, 5) is 32.8. The fourth-order valence-electron chi connectivity index (χ4n) is 4.55. The van der Waals surface area contributed by atoms with Crippen molar-refractivity contribution < 1.29 is 9.59 Å². The lowest BCUT2D eigenvalue weighted by Crippen LogP contribution is -2.29. The van der Waals surface area contributed by atoms with Crippen LogP contribution < -0.4 is 15.5 Å². The topological polar surface area (TPSA) is 79.3 Å². The van der Waals surface area contributed by atoms with Gasteiger partial charge < -0.3 is 20.1 Å². The Hall–Kier alpha value is -4.23. The van der Waals surface area contributed by atoms with Crippen LogP contribution in [0.25, 0.3) is 11.1 Å². The Kier molecular flexibility index (Phi) is 8.38. The number of rotatable bonds is 10. The molecule has 0 aliphatic carbocycles. The molecule has 4 rings (SSSR count). The van der Waals surface area contributed by atoms with Crippen molar-refractivity contribution in [3.8, 4) is 11.1 Å². The van der Waals surface area contributed by atoms with Gasteiger partial charge in [0, 0.05) is 62.1 Å². The van der Waals surface area contributed by atoms with Gasteiger partial charge in [0.15, 0.2) is 0 Å². The Labute approximate surface area is 224 Å². The van der Waals surface area contributed by atoms with E-state index in [2.05, 4.69) is 39.6 Å². The third-order valence-corrected chi connectivity index (χ3v) is 6.63. The number of ketones is 1. The highest BCUT2D eigenvalue weighted by molar-refractivity contribution is 6.47. The summed E-state index contributed by atoms with van der Waals surface area (Å²) in [5, 5.41) is 6.21. The summed E-state index contributed by atoms with van der Waals surface area (Å²) in [7, 11) is 3.83. The molecule has 0 unspecified atom stereocenters. The SMILES string of the molecule is Cc1cc(C)nc(CNCCN(C)c2ccc(NC(=O)C(=O)c3c(-c4ccccc4)cc(C)n3C)cc2)c1. The second-order valence-electron chi connectivity index (χ2n) is 9.68. The number of aryl methyl sites for hydroxylation is 3. The van der Waals surface area contributed by atoms with Crippen LogP contribution in [0.15, 0.2) is 72.8 Å². The van der Waals surface area contributed by atoms with E-state index in [1.807, 2.05) is 81.6 Å². The summed E-state index contributed by atoms with van der Waals surface area (Å²) in [6.45, 7) is 8.35. The standard InChI is InChI=1S/C31H35N5O2/c1-21-17-22(2)33-26(18-21)20-32-15-16-35(4)27-13-11-25(12-14-27)34-31(38)30(37)29-28(19-23(3)36(29)5)24-9-7-6-8-10-24/h6-14,17-19,32H,15-16,20H2,1-5H3,(H,34,38). The fraction of sp³-hybridized carbons (Fsp3) is 0.258. The summed E-state index contributed by atoms with van der Waals surface area (Å²) in [5.74, 6) is -1.22. The van der Waals surface area contributed by atoms with E-state index in [0.29, 0.717) is 11.4 Å². The molecule has 0 atom stereocenters. The maximum Gasteiger partial charge on any atom is 0.298 e. The average molecular weight is 510 g/mol. The van der Waals surface area contributed by atoms with Crippen molar-refractivity contribution in [1.82, 2.24) is 14.9 Å². The lowest BCUT2D eigenvalue weighted by atomic mass is 10.0. The molecule has 0 radical (unpaired) electrons. The van der Waals surface area contributed by atoms with E-state index in [1.54, 1.807) is 11.6 Å². The lowest BCUT2D eigenvalue weighted by molar-refractivity contribution is -0.112. The van der Waals surface area contributed by atoms with E-state index < -0.39 is 11.7 Å². The lowest BCUT2D eigenvalue weighted by Gasteiger charge is -2.20. The highest BCUT2D eigenvalue weighted by Gasteiger charge is 2.25. The van der Waals surface area contributed by atoms with E-state index in [0.717, 1.165) is 53.5 Å². The number of benzene rings is 2. The van der Waals surface area contributed by atoms with Crippen molar-refractivity contribution in [3.63, 3.8) is 0 Å². The second kappa shape index (κ2) is 11.9. The molecule has 1 amide bonds. The second-order valence-corrected chi connectivity index (χ2v) is 9.68. The molecule has 2 aromatic heterocycles. The van der Waals surface area contributed by atoms with Gasteiger partial charge >= 0.3 is 0 Å². The zero-order valence-electron chi connectivity index (χ0n) is 22.7. The van der Waals surface area contributed by atoms with Gasteiger partial charge in [-0.25, -0.2) is 0 Å². The largest absolute Gasteiger partial charge is 0.373 e. The third-order valence-electron chi connectivity index (χ3n) is 6.63. The first-order chi connectivity index (χ1) is 18.2. The number of likely N-dealkylation sites (N-methyl/N-ethyl adjacent to an activating group) is 1. The quantitative estimate of drug-likeness (QED) is 0.178. The summed E-state index contributed by atoms with van der Waals surface area (Å²) < 4.78 is 1.77. The molecule has 196 valence electrons. The van der Waals surface area contributed by atoms with Crippen LogP contribution in [-0.4, -0.2) is 41.4 Å². The number of hydrogen-bond acceptors (Lipinski definition) is 5. The molecule has 0 aliphatic rings. The molecule has 0 saturated carbocycles. The molecule has 0 spiro atoms. The van der Waals surface area contributed by atoms with Crippen LogP contribution in [0.1, 0.15) is 33.1 Å². The molecule has 38 heavy (non-hydrogen) atoms. The van der Waals surface area contributed by atoms with Gasteiger partial charge in [0.2, 0.25) is 0 Å². The maximum atomic E-state index is 13.2. The highest BCUT2D eigenvalue weighted by atomic mass is 16.2. The number of aromatic nitrogens is 2. The van der Waals surface area contributed by atoms with Crippen LogP contribution in [0.4, 0.5) is 11.4 Å². The van der Waals surface area contributed by atoms with Gasteiger partial charge in [0.05, 0.1) is 5.69 Å². The molecule has 2 N–H and O–H groups in total. The minimum Gasteiger partial charge on any atom is -0.373 e. The van der Waals surface area contributed by atoms with Crippen molar-refractivity contribution >= 4 is 23.1 Å². The van der Waals surface area contributed by atoms with Gasteiger partial charge in [-0.3, -0.25) is 14.6 Å². The zero-order chi connectivity index (χ0) is 27.2. The molecule has 7 heteroatoms. The van der Waals surface area contributed by atoms with Gasteiger partial charge in [-0.1, -0.05) is 30.3 Å². The first kappa shape index (κ1) is 26.8. The number of carbonyl (C=O) groups excluding carboxylic acids is 2. The predicted molar refractivity (Wildman–Crippen MR) is 154 cm³/mol. The molecule has 7 nitrogen and oxygen atoms in total. The Morgan fingerprint density at radius 1 is 0.947 bits per heavy atom. The molecule has 0 fully saturated rings. The van der Waals surface area contributed by atoms with Crippen LogP contribution in [0.3, 0.4) is 0 Å². The number of hydrogen-bond donors (Lipinski definition) is 2. The van der Waals surface area contributed by atoms with Gasteiger partial charge in [0.1, 0.15) is 5.69 Å². The molecule has 0 saturated heterocycles. The van der Waals surface area contributed by atoms with E-state index in [1.165, 1.54) is 5.56 Å². The van der Waals surface area contributed by atoms with Crippen LogP contribution >= 0.6 is 0 Å². The minimum absolute atomic E-state index is 0.381. The van der Waals surface area contributed by atoms with Crippen molar-refractivity contribution in [3.05, 3.63) is 101 Å². The van der Waals surface area contributed by atoms with Crippen molar-refractivity contribution in [2.24, 2.45) is 7.05 Å². The fourth-order valence-corrected chi connectivity index (χ4v) is 4.55. The number of amides is 1. The Bertz CT molecular complexity index is 1400. The number of anilines is 2. The van der Waals surface area contributed by atoms with E-state index in [9.17, 15) is 9.59 Å². The van der Waals surface area contributed by atoms with Gasteiger partial charge in [0.25, 0.3) is 11.7 Å². The summed E-state index contributed by atoms with van der Waals surface area (Å²) in [6, 6.07) is 23.3. The first-order valence-corrected chi connectivity index (χ1v) is 12.8. The number of Topliss-reactive ketones (excluding diaryl/α,β-unsaturated/α-hetero) is 1. The van der Waals surface area contributed by atoms with Crippen molar-refractivity contribution in [2.45, 2.75) is 27.3 Å². The Morgan fingerprint density at radius 2 is 1.66 bits per heavy atom. The molecule has 0 bridgehead atoms. The predicted octanol–water partition coefficient (Wildman–Crippen LogP) is 5.06. The van der Waals surface area contributed by atoms with Crippen LogP contribution in [0.5, 0.6) is 0 Å². The molecule has 2 aromatic carbocycles. The minimum atomic E-state index is -0.659. The Balaban J connectivity index is 1.34. The van der Waals surface area contributed by atoms with Crippen LogP contribution in [-0.2, 0) is 18.4 Å². The number of carbonyl (C=O) groups is 2. The number of nitrogens with one attached hydrogen (secondary N) is 2. The van der Waals surface area contributed by atoms with Crippen LogP contribution in [0.2, 0.25) is 0 Å². The summed E-state index contributed by atoms with van der Waals surface area (Å²) in [6.07, 6.45) is 0. The van der Waals surface area contributed by atoms with Gasteiger partial charge in [-0.15, -0.1) is 0 Å². The normalized spacial score (nSPS) is 10.9. The summed E-state index contributed by atoms with van der Waals surface area (Å²) >= 11 is 0. The molecular formula is C31H35N5O2. The van der Waals surface area contributed by atoms with E-state index >= 15 is 0 Å². The zero-order valence-corrected chi connectivity index (χ0v) is 22.7. The maximum absolute atomic E-state index is 13.2. The average Bonchev–Trinajstić information content (AvgIpc) is 3.20. The first-order valence-electron chi connectivity index (χ1n) is 12.8. The molecule has 4 aromatic rings. The molecular weight excluding hydrogens is 474 g/mol. The molecule has 2 heterocycles. The number of nitrogens with zero attached hydrogens (tertiary/aromatic N) is 3. The van der Waals surface area contributed by atoms with E-state index in [-0.39, 0.29) is 0 Å². The smallest absolute Gasteiger partial charge is 0.298 e. The van der Waals surface area contributed by atoms with Gasteiger partial charge in [-0.2, -0.15) is 0 Å². The number of pyridine rings is 1. The highest BCUT2D eigenvalue weighted by Crippen LogP contribution is 2.27. The third kappa shape index (κ3) is 6.36. The summed E-state index contributed by atoms with van der Waals surface area (Å²) in [5.41, 5.74) is 7.83. The van der Waals surface area contributed by atoms with Crippen LogP contribution in [0, 0.1) is 20.8 Å². The van der Waals surface area contributed by atoms with Crippen molar-refractivity contribution in [2.75, 3.05) is 30.4 Å². The van der Waals surface area contributed by atoms with Crippen molar-refractivity contribution in [1.29, 1.82) is 0 Å².